The van der Waals surface area contributed by atoms with Gasteiger partial charge >= 0.3 is 0 Å². The molecule has 0 fully saturated rings. The van der Waals surface area contributed by atoms with Crippen LogP contribution in [0.3, 0.4) is 0 Å². The zero-order chi connectivity index (χ0) is 26.5. The SMILES string of the molecule is CCCC(C)Oc1cccc(N)c1.CCCC(C)Oc1cccc(NCc2cnc3ccccc3c2)c1. The lowest BCUT2D eigenvalue weighted by molar-refractivity contribution is 0.210. The second-order valence-corrected chi connectivity index (χ2v) is 9.42. The quantitative estimate of drug-likeness (QED) is 0.203. The van der Waals surface area contributed by atoms with Gasteiger partial charge in [0.2, 0.25) is 0 Å². The Labute approximate surface area is 222 Å². The largest absolute Gasteiger partial charge is 0.491 e. The summed E-state index contributed by atoms with van der Waals surface area (Å²) in [4.78, 5) is 4.51. The lowest BCUT2D eigenvalue weighted by atomic mass is 10.1. The fourth-order valence-electron chi connectivity index (χ4n) is 4.08. The number of rotatable bonds is 11. The van der Waals surface area contributed by atoms with Gasteiger partial charge in [-0.05, 0) is 68.7 Å². The number of ether oxygens (including phenoxy) is 2. The number of nitrogens with zero attached hydrogens (tertiary/aromatic N) is 1. The zero-order valence-electron chi connectivity index (χ0n) is 22.6. The lowest BCUT2D eigenvalue weighted by Crippen LogP contribution is -2.11. The Hall–Kier alpha value is -3.73. The molecule has 0 bridgehead atoms. The van der Waals surface area contributed by atoms with Crippen LogP contribution in [0.1, 0.15) is 58.9 Å². The molecule has 0 saturated carbocycles. The topological polar surface area (TPSA) is 69.4 Å². The molecule has 1 aromatic heterocycles. The normalized spacial score (nSPS) is 12.2. The number of nitrogens with one attached hydrogen (secondary N) is 1. The fourth-order valence-corrected chi connectivity index (χ4v) is 4.08. The number of aromatic nitrogens is 1. The van der Waals surface area contributed by atoms with Crippen LogP contribution in [0.5, 0.6) is 11.5 Å². The van der Waals surface area contributed by atoms with Gasteiger partial charge in [0.05, 0.1) is 17.7 Å². The second kappa shape index (κ2) is 14.7. The highest BCUT2D eigenvalue weighted by Crippen LogP contribution is 2.21. The highest BCUT2D eigenvalue weighted by atomic mass is 16.5. The molecule has 4 rings (SSSR count). The van der Waals surface area contributed by atoms with Gasteiger partial charge in [0, 0.05) is 41.6 Å². The number of anilines is 2. The molecule has 0 aliphatic carbocycles. The standard InChI is InChI=1S/C21H24N2O.C11H17NO/c1-3-7-16(2)24-20-10-6-9-19(13-20)22-14-17-12-18-8-4-5-11-21(18)23-15-17;1-3-5-9(2)13-11-7-4-6-10(12)8-11/h4-6,8-13,15-16,22H,3,7,14H2,1-2H3;4,6-9H,3,5,12H2,1-2H3. The summed E-state index contributed by atoms with van der Waals surface area (Å²) in [6.45, 7) is 9.26. The summed E-state index contributed by atoms with van der Waals surface area (Å²) in [5, 5.41) is 4.62. The van der Waals surface area contributed by atoms with Crippen molar-refractivity contribution in [2.75, 3.05) is 11.1 Å². The molecule has 196 valence electrons. The summed E-state index contributed by atoms with van der Waals surface area (Å²) < 4.78 is 11.6. The maximum Gasteiger partial charge on any atom is 0.121 e. The number of benzene rings is 3. The first-order valence-corrected chi connectivity index (χ1v) is 13.3. The molecule has 2 atom stereocenters. The predicted molar refractivity (Wildman–Crippen MR) is 156 cm³/mol. The Morgan fingerprint density at radius 2 is 1.43 bits per heavy atom. The average Bonchev–Trinajstić information content (AvgIpc) is 2.88. The van der Waals surface area contributed by atoms with Gasteiger partial charge in [-0.25, -0.2) is 0 Å². The van der Waals surface area contributed by atoms with Crippen LogP contribution in [0.4, 0.5) is 11.4 Å². The number of hydrogen-bond acceptors (Lipinski definition) is 5. The summed E-state index contributed by atoms with van der Waals surface area (Å²) in [5.74, 6) is 1.78. The second-order valence-electron chi connectivity index (χ2n) is 9.42. The van der Waals surface area contributed by atoms with E-state index in [9.17, 15) is 0 Å². The molecule has 1 heterocycles. The van der Waals surface area contributed by atoms with Gasteiger partial charge in [0.1, 0.15) is 11.5 Å². The van der Waals surface area contributed by atoms with E-state index in [2.05, 4.69) is 62.3 Å². The summed E-state index contributed by atoms with van der Waals surface area (Å²) in [5.41, 5.74) is 9.63. The van der Waals surface area contributed by atoms with E-state index in [0.29, 0.717) is 0 Å². The number of pyridine rings is 1. The van der Waals surface area contributed by atoms with Crippen molar-refractivity contribution in [3.63, 3.8) is 0 Å². The molecular formula is C32H41N3O2. The highest BCUT2D eigenvalue weighted by Gasteiger charge is 2.04. The predicted octanol–water partition coefficient (Wildman–Crippen LogP) is 8.25. The molecule has 5 heteroatoms. The molecule has 0 aliphatic rings. The summed E-state index contributed by atoms with van der Waals surface area (Å²) in [6.07, 6.45) is 6.87. The smallest absolute Gasteiger partial charge is 0.121 e. The van der Waals surface area contributed by atoms with E-state index in [4.69, 9.17) is 15.2 Å². The number of nitrogens with two attached hydrogens (primary N) is 1. The van der Waals surface area contributed by atoms with E-state index in [0.717, 1.165) is 60.6 Å². The molecule has 3 aromatic carbocycles. The van der Waals surface area contributed by atoms with E-state index < -0.39 is 0 Å². The van der Waals surface area contributed by atoms with Crippen molar-refractivity contribution >= 4 is 22.3 Å². The van der Waals surface area contributed by atoms with Crippen LogP contribution < -0.4 is 20.5 Å². The average molecular weight is 500 g/mol. The highest BCUT2D eigenvalue weighted by molar-refractivity contribution is 5.78. The van der Waals surface area contributed by atoms with Crippen LogP contribution in [0, 0.1) is 0 Å². The minimum Gasteiger partial charge on any atom is -0.491 e. The van der Waals surface area contributed by atoms with Crippen molar-refractivity contribution in [3.8, 4) is 11.5 Å². The van der Waals surface area contributed by atoms with Crippen LogP contribution in [0.15, 0.2) is 85.1 Å². The van der Waals surface area contributed by atoms with Gasteiger partial charge in [-0.2, -0.15) is 0 Å². The Morgan fingerprint density at radius 3 is 2.11 bits per heavy atom. The molecule has 0 spiro atoms. The number of hydrogen-bond donors (Lipinski definition) is 2. The lowest BCUT2D eigenvalue weighted by Gasteiger charge is -2.15. The molecule has 0 aliphatic heterocycles. The molecular weight excluding hydrogens is 458 g/mol. The molecule has 0 saturated heterocycles. The maximum atomic E-state index is 5.95. The first-order chi connectivity index (χ1) is 18.0. The van der Waals surface area contributed by atoms with Gasteiger partial charge in [-0.1, -0.05) is 57.0 Å². The summed E-state index contributed by atoms with van der Waals surface area (Å²) in [6, 6.07) is 26.1. The Bertz CT molecular complexity index is 1230. The van der Waals surface area contributed by atoms with Crippen LogP contribution in [0.2, 0.25) is 0 Å². The van der Waals surface area contributed by atoms with Gasteiger partial charge in [-0.15, -0.1) is 0 Å². The number of fused-ring (bicyclic) bond motifs is 1. The Kier molecular flexibility index (Phi) is 11.1. The zero-order valence-corrected chi connectivity index (χ0v) is 22.6. The van der Waals surface area contributed by atoms with Crippen molar-refractivity contribution in [2.24, 2.45) is 0 Å². The monoisotopic (exact) mass is 499 g/mol. The molecule has 3 N–H and O–H groups in total. The molecule has 0 amide bonds. The molecule has 4 aromatic rings. The van der Waals surface area contributed by atoms with Crippen molar-refractivity contribution in [3.05, 3.63) is 90.6 Å². The van der Waals surface area contributed by atoms with Crippen LogP contribution in [-0.4, -0.2) is 17.2 Å². The third-order valence-corrected chi connectivity index (χ3v) is 5.90. The molecule has 37 heavy (non-hydrogen) atoms. The van der Waals surface area contributed by atoms with Crippen molar-refractivity contribution in [2.45, 2.75) is 72.1 Å². The van der Waals surface area contributed by atoms with Crippen LogP contribution in [0.25, 0.3) is 10.9 Å². The molecule has 0 radical (unpaired) electrons. The minimum atomic E-state index is 0.245. The van der Waals surface area contributed by atoms with E-state index in [-0.39, 0.29) is 12.2 Å². The maximum absolute atomic E-state index is 5.95. The first-order valence-electron chi connectivity index (χ1n) is 13.3. The molecule has 2 unspecified atom stereocenters. The van der Waals surface area contributed by atoms with Gasteiger partial charge in [0.15, 0.2) is 0 Å². The van der Waals surface area contributed by atoms with E-state index in [1.54, 1.807) is 0 Å². The third kappa shape index (κ3) is 9.68. The fraction of sp³-hybridized carbons (Fsp3) is 0.344. The minimum absolute atomic E-state index is 0.245. The van der Waals surface area contributed by atoms with Crippen LogP contribution >= 0.6 is 0 Å². The van der Waals surface area contributed by atoms with Crippen molar-refractivity contribution in [1.82, 2.24) is 4.98 Å². The third-order valence-electron chi connectivity index (χ3n) is 5.90. The number of nitrogen functional groups attached to an aromatic ring is 1. The van der Waals surface area contributed by atoms with Crippen molar-refractivity contribution in [1.29, 1.82) is 0 Å². The Balaban J connectivity index is 0.000000248. The van der Waals surface area contributed by atoms with E-state index >= 15 is 0 Å². The summed E-state index contributed by atoms with van der Waals surface area (Å²) in [7, 11) is 0. The Morgan fingerprint density at radius 1 is 0.784 bits per heavy atom. The van der Waals surface area contributed by atoms with Gasteiger partial charge in [0.25, 0.3) is 0 Å². The van der Waals surface area contributed by atoms with Gasteiger partial charge < -0.3 is 20.5 Å². The first kappa shape index (κ1) is 27.9. The van der Waals surface area contributed by atoms with E-state index in [1.165, 1.54) is 10.9 Å². The summed E-state index contributed by atoms with van der Waals surface area (Å²) >= 11 is 0. The van der Waals surface area contributed by atoms with Crippen molar-refractivity contribution < 1.29 is 9.47 Å². The number of para-hydroxylation sites is 1. The van der Waals surface area contributed by atoms with Crippen LogP contribution in [-0.2, 0) is 6.54 Å². The molecule has 5 nitrogen and oxygen atoms in total. The van der Waals surface area contributed by atoms with Gasteiger partial charge in [-0.3, -0.25) is 4.98 Å². The van der Waals surface area contributed by atoms with E-state index in [1.807, 2.05) is 60.8 Å².